The minimum absolute atomic E-state index is 0.0590. The molecule has 1 fully saturated rings. The maximum Gasteiger partial charge on any atom is 0.315 e. The fourth-order valence-corrected chi connectivity index (χ4v) is 3.50. The Kier molecular flexibility index (Phi) is 6.70. The van der Waals surface area contributed by atoms with Crippen LogP contribution in [0.15, 0.2) is 54.6 Å². The zero-order chi connectivity index (χ0) is 20.0. The number of hydrogen-bond donors (Lipinski definition) is 2. The van der Waals surface area contributed by atoms with Gasteiger partial charge in [0.15, 0.2) is 0 Å². The Morgan fingerprint density at radius 3 is 2.29 bits per heavy atom. The first-order chi connectivity index (χ1) is 13.5. The zero-order valence-corrected chi connectivity index (χ0v) is 17.1. The predicted molar refractivity (Wildman–Crippen MR) is 113 cm³/mol. The zero-order valence-electron chi connectivity index (χ0n) is 17.1. The summed E-state index contributed by atoms with van der Waals surface area (Å²) in [6.45, 7) is 10.2. The van der Waals surface area contributed by atoms with E-state index in [0.29, 0.717) is 6.54 Å². The van der Waals surface area contributed by atoms with Crippen LogP contribution in [0.3, 0.4) is 0 Å². The lowest BCUT2D eigenvalue weighted by Crippen LogP contribution is -2.56. The molecule has 2 N–H and O–H groups in total. The Morgan fingerprint density at radius 1 is 1.04 bits per heavy atom. The topological polar surface area (TPSA) is 53.6 Å². The molecule has 0 aliphatic carbocycles. The van der Waals surface area contributed by atoms with E-state index in [1.54, 1.807) is 0 Å². The molecule has 0 bridgehead atoms. The summed E-state index contributed by atoms with van der Waals surface area (Å²) < 4.78 is 5.42. The molecule has 150 valence electrons. The van der Waals surface area contributed by atoms with Gasteiger partial charge in [0.1, 0.15) is 0 Å². The average Bonchev–Trinajstić information content (AvgIpc) is 2.74. The van der Waals surface area contributed by atoms with E-state index in [4.69, 9.17) is 4.74 Å². The van der Waals surface area contributed by atoms with Crippen molar-refractivity contribution >= 4 is 6.03 Å². The SMILES string of the molecule is CC(NC(=O)NCC(C)(C)N1CCOCC1)c1ccc(-c2ccccc2)cc1. The quantitative estimate of drug-likeness (QED) is 0.800. The third kappa shape index (κ3) is 5.33. The average molecular weight is 382 g/mol. The summed E-state index contributed by atoms with van der Waals surface area (Å²) in [5, 5.41) is 6.06. The number of hydrogen-bond acceptors (Lipinski definition) is 3. The second-order valence-corrected chi connectivity index (χ2v) is 7.95. The minimum atomic E-state index is -0.138. The second kappa shape index (κ2) is 9.22. The van der Waals surface area contributed by atoms with Gasteiger partial charge in [-0.3, -0.25) is 4.90 Å². The molecular weight excluding hydrogens is 350 g/mol. The Bertz CT molecular complexity index is 753. The van der Waals surface area contributed by atoms with Crippen LogP contribution in [-0.4, -0.2) is 49.3 Å². The molecule has 0 radical (unpaired) electrons. The van der Waals surface area contributed by atoms with Gasteiger partial charge in [-0.1, -0.05) is 54.6 Å². The molecule has 5 heteroatoms. The van der Waals surface area contributed by atoms with Crippen LogP contribution < -0.4 is 10.6 Å². The van der Waals surface area contributed by atoms with Gasteiger partial charge in [-0.05, 0) is 37.5 Å². The summed E-state index contributed by atoms with van der Waals surface area (Å²) in [5.74, 6) is 0. The highest BCUT2D eigenvalue weighted by atomic mass is 16.5. The summed E-state index contributed by atoms with van der Waals surface area (Å²) in [5.41, 5.74) is 3.36. The first-order valence-corrected chi connectivity index (χ1v) is 9.98. The molecule has 1 aliphatic heterocycles. The van der Waals surface area contributed by atoms with E-state index >= 15 is 0 Å². The number of ether oxygens (including phenoxy) is 1. The van der Waals surface area contributed by atoms with E-state index < -0.39 is 0 Å². The molecule has 2 amide bonds. The lowest BCUT2D eigenvalue weighted by Gasteiger charge is -2.40. The number of morpholine rings is 1. The van der Waals surface area contributed by atoms with Gasteiger partial charge in [-0.25, -0.2) is 4.79 Å². The third-order valence-corrected chi connectivity index (χ3v) is 5.41. The van der Waals surface area contributed by atoms with E-state index in [2.05, 4.69) is 65.8 Å². The van der Waals surface area contributed by atoms with E-state index in [1.807, 2.05) is 25.1 Å². The third-order valence-electron chi connectivity index (χ3n) is 5.41. The number of carbonyl (C=O) groups excluding carboxylic acids is 1. The molecule has 5 nitrogen and oxygen atoms in total. The van der Waals surface area contributed by atoms with Crippen molar-refractivity contribution in [1.29, 1.82) is 0 Å². The molecule has 0 saturated carbocycles. The van der Waals surface area contributed by atoms with Crippen molar-refractivity contribution in [3.05, 3.63) is 60.2 Å². The van der Waals surface area contributed by atoms with Crippen LogP contribution >= 0.6 is 0 Å². The highest BCUT2D eigenvalue weighted by molar-refractivity contribution is 5.74. The summed E-state index contributed by atoms with van der Waals surface area (Å²) in [6, 6.07) is 18.4. The first kappa shape index (κ1) is 20.4. The lowest BCUT2D eigenvalue weighted by molar-refractivity contribution is -0.00876. The first-order valence-electron chi connectivity index (χ1n) is 9.98. The smallest absolute Gasteiger partial charge is 0.315 e. The Labute approximate surface area is 168 Å². The minimum Gasteiger partial charge on any atom is -0.379 e. The van der Waals surface area contributed by atoms with Crippen molar-refractivity contribution in [2.75, 3.05) is 32.8 Å². The number of benzene rings is 2. The van der Waals surface area contributed by atoms with Crippen molar-refractivity contribution < 1.29 is 9.53 Å². The molecule has 0 aromatic heterocycles. The molecular formula is C23H31N3O2. The predicted octanol–water partition coefficient (Wildman–Crippen LogP) is 3.82. The number of nitrogens with one attached hydrogen (secondary N) is 2. The van der Waals surface area contributed by atoms with Crippen molar-refractivity contribution in [2.45, 2.75) is 32.4 Å². The van der Waals surface area contributed by atoms with E-state index in [9.17, 15) is 4.79 Å². The fourth-order valence-electron chi connectivity index (χ4n) is 3.50. The van der Waals surface area contributed by atoms with Crippen molar-refractivity contribution in [3.8, 4) is 11.1 Å². The largest absolute Gasteiger partial charge is 0.379 e. The van der Waals surface area contributed by atoms with Crippen LogP contribution in [-0.2, 0) is 4.74 Å². The Hall–Kier alpha value is -2.37. The van der Waals surface area contributed by atoms with Crippen LogP contribution in [0.5, 0.6) is 0 Å². The van der Waals surface area contributed by atoms with Gasteiger partial charge in [0.2, 0.25) is 0 Å². The summed E-state index contributed by atoms with van der Waals surface area (Å²) >= 11 is 0. The summed E-state index contributed by atoms with van der Waals surface area (Å²) in [7, 11) is 0. The van der Waals surface area contributed by atoms with Crippen molar-refractivity contribution in [3.63, 3.8) is 0 Å². The number of nitrogens with zero attached hydrogens (tertiary/aromatic N) is 1. The number of amides is 2. The molecule has 1 saturated heterocycles. The highest BCUT2D eigenvalue weighted by Gasteiger charge is 2.28. The molecule has 28 heavy (non-hydrogen) atoms. The lowest BCUT2D eigenvalue weighted by atomic mass is 10.0. The number of urea groups is 1. The Balaban J connectivity index is 1.51. The van der Waals surface area contributed by atoms with Crippen LogP contribution in [0.25, 0.3) is 11.1 Å². The maximum atomic E-state index is 12.4. The van der Waals surface area contributed by atoms with Crippen LogP contribution in [0, 0.1) is 0 Å². The van der Waals surface area contributed by atoms with Gasteiger partial charge in [-0.15, -0.1) is 0 Å². The van der Waals surface area contributed by atoms with Crippen molar-refractivity contribution in [1.82, 2.24) is 15.5 Å². The Morgan fingerprint density at radius 2 is 1.64 bits per heavy atom. The van der Waals surface area contributed by atoms with Crippen LogP contribution in [0.1, 0.15) is 32.4 Å². The number of carbonyl (C=O) groups is 1. The summed E-state index contributed by atoms with van der Waals surface area (Å²) in [6.07, 6.45) is 0. The van der Waals surface area contributed by atoms with Gasteiger partial charge >= 0.3 is 6.03 Å². The van der Waals surface area contributed by atoms with Crippen LogP contribution in [0.4, 0.5) is 4.79 Å². The highest BCUT2D eigenvalue weighted by Crippen LogP contribution is 2.22. The standard InChI is InChI=1S/C23H31N3O2/c1-18(19-9-11-21(12-10-19)20-7-5-4-6-8-20)25-22(27)24-17-23(2,3)26-13-15-28-16-14-26/h4-12,18H,13-17H2,1-3H3,(H2,24,25,27). The molecule has 2 aromatic rings. The number of rotatable bonds is 6. The van der Waals surface area contributed by atoms with E-state index in [1.165, 1.54) is 11.1 Å². The van der Waals surface area contributed by atoms with Gasteiger partial charge in [0.05, 0.1) is 19.3 Å². The fraction of sp³-hybridized carbons (Fsp3) is 0.435. The van der Waals surface area contributed by atoms with E-state index in [0.717, 1.165) is 31.9 Å². The van der Waals surface area contributed by atoms with Gasteiger partial charge in [0.25, 0.3) is 0 Å². The van der Waals surface area contributed by atoms with Gasteiger partial charge in [-0.2, -0.15) is 0 Å². The molecule has 0 spiro atoms. The normalized spacial score (nSPS) is 16.4. The van der Waals surface area contributed by atoms with E-state index in [-0.39, 0.29) is 17.6 Å². The molecule has 1 unspecified atom stereocenters. The molecule has 1 aliphatic rings. The molecule has 1 atom stereocenters. The molecule has 3 rings (SSSR count). The van der Waals surface area contributed by atoms with Crippen molar-refractivity contribution in [2.24, 2.45) is 0 Å². The molecule has 2 aromatic carbocycles. The van der Waals surface area contributed by atoms with Gasteiger partial charge in [0, 0.05) is 25.2 Å². The maximum absolute atomic E-state index is 12.4. The monoisotopic (exact) mass is 381 g/mol. The molecule has 1 heterocycles. The van der Waals surface area contributed by atoms with Crippen LogP contribution in [0.2, 0.25) is 0 Å². The summed E-state index contributed by atoms with van der Waals surface area (Å²) in [4.78, 5) is 14.7. The van der Waals surface area contributed by atoms with Gasteiger partial charge < -0.3 is 15.4 Å². The second-order valence-electron chi connectivity index (χ2n) is 7.95.